The minimum atomic E-state index is -0.249. The van der Waals surface area contributed by atoms with Gasteiger partial charge in [0.15, 0.2) is 5.43 Å². The van der Waals surface area contributed by atoms with E-state index in [1.54, 1.807) is 46.0 Å². The van der Waals surface area contributed by atoms with Crippen molar-refractivity contribution in [1.82, 2.24) is 9.47 Å². The number of halogens is 2. The molecule has 5 nitrogen and oxygen atoms in total. The van der Waals surface area contributed by atoms with Crippen LogP contribution in [0.5, 0.6) is 0 Å². The van der Waals surface area contributed by atoms with Crippen LogP contribution in [0.3, 0.4) is 0 Å². The van der Waals surface area contributed by atoms with E-state index in [2.05, 4.69) is 0 Å². The number of rotatable bonds is 3. The summed E-state index contributed by atoms with van der Waals surface area (Å²) in [6.07, 6.45) is 1.63. The molecule has 0 N–H and O–H groups in total. The van der Waals surface area contributed by atoms with E-state index in [9.17, 15) is 14.0 Å². The van der Waals surface area contributed by atoms with Gasteiger partial charge in [-0.1, -0.05) is 23.7 Å². The van der Waals surface area contributed by atoms with Crippen molar-refractivity contribution in [3.05, 3.63) is 75.8 Å². The van der Waals surface area contributed by atoms with Gasteiger partial charge in [0.1, 0.15) is 12.4 Å². The lowest BCUT2D eigenvalue weighted by molar-refractivity contribution is -0.132. The summed E-state index contributed by atoms with van der Waals surface area (Å²) in [6.45, 7) is 2.34. The summed E-state index contributed by atoms with van der Waals surface area (Å²) in [5.74, 6) is -0.284. The fourth-order valence-electron chi connectivity index (χ4n) is 3.57. The van der Waals surface area contributed by atoms with Gasteiger partial charge in [0.2, 0.25) is 5.91 Å². The zero-order valence-electron chi connectivity index (χ0n) is 15.1. The highest BCUT2D eigenvalue weighted by atomic mass is 35.5. The lowest BCUT2D eigenvalue weighted by Gasteiger charge is -2.36. The third kappa shape index (κ3) is 3.60. The Morgan fingerprint density at radius 1 is 1.04 bits per heavy atom. The predicted molar refractivity (Wildman–Crippen MR) is 108 cm³/mol. The Kier molecular flexibility index (Phi) is 5.05. The van der Waals surface area contributed by atoms with Crippen LogP contribution in [0.25, 0.3) is 10.9 Å². The largest absolute Gasteiger partial charge is 0.366 e. The zero-order chi connectivity index (χ0) is 19.7. The van der Waals surface area contributed by atoms with Crippen LogP contribution in [0.4, 0.5) is 10.1 Å². The normalized spacial score (nSPS) is 14.5. The van der Waals surface area contributed by atoms with Crippen molar-refractivity contribution in [3.63, 3.8) is 0 Å². The molecule has 1 amide bonds. The third-order valence-corrected chi connectivity index (χ3v) is 5.31. The summed E-state index contributed by atoms with van der Waals surface area (Å²) < 4.78 is 15.7. The maximum Gasteiger partial charge on any atom is 0.242 e. The van der Waals surface area contributed by atoms with Gasteiger partial charge in [-0.3, -0.25) is 9.59 Å². The van der Waals surface area contributed by atoms with Crippen molar-refractivity contribution in [3.8, 4) is 0 Å². The molecule has 0 bridgehead atoms. The number of anilines is 1. The molecule has 1 fully saturated rings. The summed E-state index contributed by atoms with van der Waals surface area (Å²) >= 11 is 5.99. The number of nitrogens with zero attached hydrogens (tertiary/aromatic N) is 3. The maximum absolute atomic E-state index is 14.0. The number of piperazine rings is 1. The Hall–Kier alpha value is -2.86. The smallest absolute Gasteiger partial charge is 0.242 e. The van der Waals surface area contributed by atoms with E-state index in [1.165, 1.54) is 12.1 Å². The molecule has 144 valence electrons. The Balaban J connectivity index is 1.47. The first-order chi connectivity index (χ1) is 13.5. The molecule has 1 aliphatic heterocycles. The highest BCUT2D eigenvalue weighted by Crippen LogP contribution is 2.21. The molecule has 2 aromatic carbocycles. The monoisotopic (exact) mass is 399 g/mol. The highest BCUT2D eigenvalue weighted by Gasteiger charge is 2.23. The summed E-state index contributed by atoms with van der Waals surface area (Å²) in [4.78, 5) is 28.6. The first kappa shape index (κ1) is 18.5. The average Bonchev–Trinajstić information content (AvgIpc) is 2.71. The zero-order valence-corrected chi connectivity index (χ0v) is 15.9. The number of hydrogen-bond acceptors (Lipinski definition) is 3. The van der Waals surface area contributed by atoms with Crippen LogP contribution in [0.1, 0.15) is 0 Å². The van der Waals surface area contributed by atoms with E-state index in [-0.39, 0.29) is 23.7 Å². The van der Waals surface area contributed by atoms with E-state index in [4.69, 9.17) is 11.6 Å². The van der Waals surface area contributed by atoms with Crippen molar-refractivity contribution >= 4 is 34.1 Å². The van der Waals surface area contributed by atoms with Gasteiger partial charge in [0, 0.05) is 48.9 Å². The number of aromatic nitrogens is 1. The van der Waals surface area contributed by atoms with Crippen LogP contribution in [0.2, 0.25) is 5.02 Å². The minimum Gasteiger partial charge on any atom is -0.366 e. The van der Waals surface area contributed by atoms with E-state index in [0.717, 1.165) is 0 Å². The SMILES string of the molecule is O=C(Cn1ccc(=O)c2cc(Cl)ccc21)N1CCN(c2ccccc2F)CC1. The van der Waals surface area contributed by atoms with Gasteiger partial charge < -0.3 is 14.4 Å². The number of carbonyl (C=O) groups is 1. The topological polar surface area (TPSA) is 45.6 Å². The Labute approximate surface area is 166 Å². The van der Waals surface area contributed by atoms with Gasteiger partial charge in [-0.25, -0.2) is 4.39 Å². The van der Waals surface area contributed by atoms with E-state index in [1.807, 2.05) is 11.0 Å². The highest BCUT2D eigenvalue weighted by molar-refractivity contribution is 6.31. The van der Waals surface area contributed by atoms with E-state index in [0.29, 0.717) is 47.8 Å². The second kappa shape index (κ2) is 7.64. The molecule has 0 aliphatic carbocycles. The number of amides is 1. The molecule has 0 spiro atoms. The van der Waals surface area contributed by atoms with Crippen molar-refractivity contribution in [2.75, 3.05) is 31.1 Å². The second-order valence-corrected chi connectivity index (χ2v) is 7.23. The fraction of sp³-hybridized carbons (Fsp3) is 0.238. The van der Waals surface area contributed by atoms with Crippen molar-refractivity contribution in [1.29, 1.82) is 0 Å². The van der Waals surface area contributed by atoms with Crippen molar-refractivity contribution in [2.45, 2.75) is 6.54 Å². The summed E-state index contributed by atoms with van der Waals surface area (Å²) in [7, 11) is 0. The quantitative estimate of drug-likeness (QED) is 0.679. The number of fused-ring (bicyclic) bond motifs is 1. The lowest BCUT2D eigenvalue weighted by Crippen LogP contribution is -2.49. The fourth-order valence-corrected chi connectivity index (χ4v) is 3.74. The molecule has 3 aromatic rings. The molecule has 2 heterocycles. The van der Waals surface area contributed by atoms with Gasteiger partial charge in [0.05, 0.1) is 11.2 Å². The number of para-hydroxylation sites is 1. The van der Waals surface area contributed by atoms with Crippen molar-refractivity contribution < 1.29 is 9.18 Å². The molecular formula is C21H19ClFN3O2. The second-order valence-electron chi connectivity index (χ2n) is 6.79. The third-order valence-electron chi connectivity index (χ3n) is 5.07. The number of carbonyl (C=O) groups excluding carboxylic acids is 1. The number of pyridine rings is 1. The molecule has 28 heavy (non-hydrogen) atoms. The van der Waals surface area contributed by atoms with Gasteiger partial charge in [-0.05, 0) is 30.3 Å². The van der Waals surface area contributed by atoms with Crippen LogP contribution >= 0.6 is 11.6 Å². The molecule has 0 atom stereocenters. The van der Waals surface area contributed by atoms with Crippen LogP contribution in [0.15, 0.2) is 59.5 Å². The van der Waals surface area contributed by atoms with Crippen LogP contribution in [-0.4, -0.2) is 41.6 Å². The molecule has 1 aromatic heterocycles. The Morgan fingerprint density at radius 3 is 2.54 bits per heavy atom. The summed E-state index contributed by atoms with van der Waals surface area (Å²) in [6, 6.07) is 13.2. The van der Waals surface area contributed by atoms with Crippen molar-refractivity contribution in [2.24, 2.45) is 0 Å². The molecule has 1 aliphatic rings. The molecule has 1 saturated heterocycles. The van der Waals surface area contributed by atoms with Gasteiger partial charge in [0.25, 0.3) is 0 Å². The van der Waals surface area contributed by atoms with Gasteiger partial charge in [-0.2, -0.15) is 0 Å². The number of hydrogen-bond donors (Lipinski definition) is 0. The molecule has 4 rings (SSSR count). The first-order valence-electron chi connectivity index (χ1n) is 9.09. The molecule has 0 saturated carbocycles. The molecular weight excluding hydrogens is 381 g/mol. The Morgan fingerprint density at radius 2 is 1.79 bits per heavy atom. The summed E-state index contributed by atoms with van der Waals surface area (Å²) in [5, 5.41) is 0.977. The van der Waals surface area contributed by atoms with Crippen LogP contribution in [0, 0.1) is 5.82 Å². The molecule has 0 unspecified atom stereocenters. The number of benzene rings is 2. The molecule has 7 heteroatoms. The van der Waals surface area contributed by atoms with Crippen LogP contribution < -0.4 is 10.3 Å². The lowest BCUT2D eigenvalue weighted by atomic mass is 10.2. The average molecular weight is 400 g/mol. The van der Waals surface area contributed by atoms with E-state index >= 15 is 0 Å². The molecule has 0 radical (unpaired) electrons. The first-order valence-corrected chi connectivity index (χ1v) is 9.47. The van der Waals surface area contributed by atoms with Crippen LogP contribution in [-0.2, 0) is 11.3 Å². The van der Waals surface area contributed by atoms with E-state index < -0.39 is 0 Å². The standard InChI is InChI=1S/C21H19ClFN3O2/c22-15-5-6-18-16(13-15)20(27)7-8-26(18)14-21(28)25-11-9-24(10-12-25)19-4-2-1-3-17(19)23/h1-8,13H,9-12,14H2. The van der Waals surface area contributed by atoms with Gasteiger partial charge in [-0.15, -0.1) is 0 Å². The predicted octanol–water partition coefficient (Wildman–Crippen LogP) is 3.14. The minimum absolute atomic E-state index is 0.0342. The Bertz CT molecular complexity index is 1090. The summed E-state index contributed by atoms with van der Waals surface area (Å²) in [5.41, 5.74) is 1.12. The van der Waals surface area contributed by atoms with Gasteiger partial charge >= 0.3 is 0 Å². The maximum atomic E-state index is 14.0.